The molecule has 0 radical (unpaired) electrons. The Kier molecular flexibility index (Phi) is 12.3. The van der Waals surface area contributed by atoms with Gasteiger partial charge in [-0.3, -0.25) is 4.79 Å². The monoisotopic (exact) mass is 273 g/mol. The van der Waals surface area contributed by atoms with Gasteiger partial charge in [0.05, 0.1) is 6.61 Å². The van der Waals surface area contributed by atoms with Gasteiger partial charge in [-0.25, -0.2) is 4.79 Å². The van der Waals surface area contributed by atoms with Crippen LogP contribution in [0.5, 0.6) is 0 Å². The maximum atomic E-state index is 11.2. The maximum absolute atomic E-state index is 11.2. The molecular weight excluding hydrogens is 246 g/mol. The zero-order valence-electron chi connectivity index (χ0n) is 12.0. The highest BCUT2D eigenvalue weighted by Crippen LogP contribution is 2.06. The zero-order chi connectivity index (χ0) is 14.3. The fraction of sp³-hybridized carbons (Fsp3) is 0.857. The third kappa shape index (κ3) is 14.7. The van der Waals surface area contributed by atoms with E-state index in [1.54, 1.807) is 0 Å². The van der Waals surface area contributed by atoms with E-state index in [1.807, 2.05) is 0 Å². The lowest BCUT2D eigenvalue weighted by Gasteiger charge is -2.06. The molecule has 0 aliphatic carbocycles. The van der Waals surface area contributed by atoms with Gasteiger partial charge in [0, 0.05) is 13.0 Å². The summed E-state index contributed by atoms with van der Waals surface area (Å²) in [5, 5.41) is 11.2. The van der Waals surface area contributed by atoms with Crippen LogP contribution in [0.4, 0.5) is 4.79 Å². The Labute approximate surface area is 115 Å². The highest BCUT2D eigenvalue weighted by atomic mass is 16.5. The summed E-state index contributed by atoms with van der Waals surface area (Å²) < 4.78 is 4.96. The van der Waals surface area contributed by atoms with Crippen molar-refractivity contribution in [1.29, 1.82) is 0 Å². The normalized spacial score (nSPS) is 10.2. The van der Waals surface area contributed by atoms with E-state index in [0.717, 1.165) is 51.4 Å². The van der Waals surface area contributed by atoms with Crippen molar-refractivity contribution < 1.29 is 19.4 Å². The number of carbonyl (C=O) groups is 2. The van der Waals surface area contributed by atoms with Crippen molar-refractivity contribution in [2.24, 2.45) is 0 Å². The van der Waals surface area contributed by atoms with E-state index in [0.29, 0.717) is 13.2 Å². The minimum atomic E-state index is -0.717. The van der Waals surface area contributed by atoms with Crippen LogP contribution in [0.25, 0.3) is 0 Å². The predicted molar refractivity (Wildman–Crippen MR) is 74.2 cm³/mol. The molecule has 2 N–H and O–H groups in total. The maximum Gasteiger partial charge on any atom is 0.407 e. The SMILES string of the molecule is CCCCOC(=O)NCCCCCCCCC(=O)O. The van der Waals surface area contributed by atoms with E-state index in [9.17, 15) is 9.59 Å². The van der Waals surface area contributed by atoms with Gasteiger partial charge in [0.1, 0.15) is 0 Å². The Morgan fingerprint density at radius 3 is 2.26 bits per heavy atom. The number of carboxylic acid groups (broad SMARTS) is 1. The first-order chi connectivity index (χ1) is 9.16. The number of rotatable bonds is 12. The number of hydrogen-bond donors (Lipinski definition) is 2. The molecule has 0 heterocycles. The van der Waals surface area contributed by atoms with Gasteiger partial charge in [0.15, 0.2) is 0 Å². The lowest BCUT2D eigenvalue weighted by atomic mass is 10.1. The van der Waals surface area contributed by atoms with Gasteiger partial charge in [0.2, 0.25) is 0 Å². The second-order valence-electron chi connectivity index (χ2n) is 4.68. The number of hydrogen-bond acceptors (Lipinski definition) is 3. The van der Waals surface area contributed by atoms with Gasteiger partial charge in [-0.1, -0.05) is 39.0 Å². The predicted octanol–water partition coefficient (Wildman–Crippen LogP) is 3.33. The van der Waals surface area contributed by atoms with Crippen LogP contribution in [-0.4, -0.2) is 30.3 Å². The quantitative estimate of drug-likeness (QED) is 0.535. The molecule has 0 aliphatic heterocycles. The van der Waals surface area contributed by atoms with E-state index in [2.05, 4.69) is 12.2 Å². The molecular formula is C14H27NO4. The van der Waals surface area contributed by atoms with E-state index >= 15 is 0 Å². The van der Waals surface area contributed by atoms with Crippen LogP contribution in [-0.2, 0) is 9.53 Å². The Morgan fingerprint density at radius 1 is 1.00 bits per heavy atom. The first-order valence-electron chi connectivity index (χ1n) is 7.29. The summed E-state index contributed by atoms with van der Waals surface area (Å²) in [6.45, 7) is 3.20. The van der Waals surface area contributed by atoms with Gasteiger partial charge in [-0.2, -0.15) is 0 Å². The molecule has 0 saturated carbocycles. The van der Waals surface area contributed by atoms with Crippen LogP contribution < -0.4 is 5.32 Å². The average Bonchev–Trinajstić information content (AvgIpc) is 2.36. The van der Waals surface area contributed by atoms with Crippen LogP contribution in [0.2, 0.25) is 0 Å². The Bertz CT molecular complexity index is 244. The number of nitrogens with one attached hydrogen (secondary N) is 1. The molecule has 5 heteroatoms. The Hall–Kier alpha value is -1.26. The summed E-state index contributed by atoms with van der Waals surface area (Å²) in [6.07, 6.45) is 7.76. The van der Waals surface area contributed by atoms with Crippen LogP contribution in [0.1, 0.15) is 64.7 Å². The molecule has 0 aromatic rings. The van der Waals surface area contributed by atoms with Crippen molar-refractivity contribution in [1.82, 2.24) is 5.32 Å². The third-order valence-electron chi connectivity index (χ3n) is 2.82. The molecule has 0 atom stereocenters. The summed E-state index contributed by atoms with van der Waals surface area (Å²) in [7, 11) is 0. The van der Waals surface area contributed by atoms with E-state index in [4.69, 9.17) is 9.84 Å². The third-order valence-corrected chi connectivity index (χ3v) is 2.82. The van der Waals surface area contributed by atoms with E-state index in [-0.39, 0.29) is 12.5 Å². The molecule has 0 saturated heterocycles. The van der Waals surface area contributed by atoms with Gasteiger partial charge < -0.3 is 15.2 Å². The average molecular weight is 273 g/mol. The van der Waals surface area contributed by atoms with Crippen LogP contribution >= 0.6 is 0 Å². The molecule has 0 rings (SSSR count). The molecule has 0 aromatic heterocycles. The minimum Gasteiger partial charge on any atom is -0.481 e. The lowest BCUT2D eigenvalue weighted by Crippen LogP contribution is -2.25. The largest absolute Gasteiger partial charge is 0.481 e. The number of amides is 1. The van der Waals surface area contributed by atoms with Crippen LogP contribution in [0.3, 0.4) is 0 Å². The van der Waals surface area contributed by atoms with Gasteiger partial charge >= 0.3 is 12.1 Å². The van der Waals surface area contributed by atoms with Crippen LogP contribution in [0.15, 0.2) is 0 Å². The Morgan fingerprint density at radius 2 is 1.63 bits per heavy atom. The second-order valence-corrected chi connectivity index (χ2v) is 4.68. The van der Waals surface area contributed by atoms with Crippen molar-refractivity contribution in [3.8, 4) is 0 Å². The standard InChI is InChI=1S/C14H27NO4/c1-2-3-12-19-14(18)15-11-9-7-5-4-6-8-10-13(16)17/h2-12H2,1H3,(H,15,18)(H,16,17). The van der Waals surface area contributed by atoms with Crippen LogP contribution in [0, 0.1) is 0 Å². The summed E-state index contributed by atoms with van der Waals surface area (Å²) in [5.41, 5.74) is 0. The molecule has 0 aromatic carbocycles. The number of unbranched alkanes of at least 4 members (excludes halogenated alkanes) is 6. The number of ether oxygens (including phenoxy) is 1. The van der Waals surface area contributed by atoms with Crippen molar-refractivity contribution in [2.45, 2.75) is 64.7 Å². The highest BCUT2D eigenvalue weighted by Gasteiger charge is 2.00. The number of carboxylic acids is 1. The summed E-state index contributed by atoms with van der Waals surface area (Å²) >= 11 is 0. The molecule has 0 spiro atoms. The van der Waals surface area contributed by atoms with Crippen molar-refractivity contribution in [3.63, 3.8) is 0 Å². The first-order valence-corrected chi connectivity index (χ1v) is 7.29. The zero-order valence-corrected chi connectivity index (χ0v) is 12.0. The lowest BCUT2D eigenvalue weighted by molar-refractivity contribution is -0.137. The molecule has 0 aliphatic rings. The van der Waals surface area contributed by atoms with Crippen molar-refractivity contribution >= 4 is 12.1 Å². The summed E-state index contributed by atoms with van der Waals surface area (Å²) in [6, 6.07) is 0. The van der Waals surface area contributed by atoms with E-state index in [1.165, 1.54) is 0 Å². The van der Waals surface area contributed by atoms with Gasteiger partial charge in [0.25, 0.3) is 0 Å². The fourth-order valence-electron chi connectivity index (χ4n) is 1.66. The number of alkyl carbamates (subject to hydrolysis) is 1. The van der Waals surface area contributed by atoms with Gasteiger partial charge in [-0.05, 0) is 19.3 Å². The smallest absolute Gasteiger partial charge is 0.407 e. The fourth-order valence-corrected chi connectivity index (χ4v) is 1.66. The second kappa shape index (κ2) is 13.2. The Balaban J connectivity index is 3.13. The van der Waals surface area contributed by atoms with Crippen molar-refractivity contribution in [2.75, 3.05) is 13.2 Å². The molecule has 5 nitrogen and oxygen atoms in total. The molecule has 112 valence electrons. The molecule has 0 unspecified atom stereocenters. The summed E-state index contributed by atoms with van der Waals surface area (Å²) in [5.74, 6) is -0.717. The summed E-state index contributed by atoms with van der Waals surface area (Å²) in [4.78, 5) is 21.4. The molecule has 1 amide bonds. The molecule has 0 bridgehead atoms. The molecule has 19 heavy (non-hydrogen) atoms. The first kappa shape index (κ1) is 17.7. The van der Waals surface area contributed by atoms with Gasteiger partial charge in [-0.15, -0.1) is 0 Å². The topological polar surface area (TPSA) is 75.6 Å². The molecule has 0 fully saturated rings. The minimum absolute atomic E-state index is 0.269. The van der Waals surface area contributed by atoms with E-state index < -0.39 is 5.97 Å². The number of carbonyl (C=O) groups excluding carboxylic acids is 1. The number of aliphatic carboxylic acids is 1. The highest BCUT2D eigenvalue weighted by molar-refractivity contribution is 5.67. The van der Waals surface area contributed by atoms with Crippen molar-refractivity contribution in [3.05, 3.63) is 0 Å².